The molecule has 3 N–H and O–H groups in total. The van der Waals surface area contributed by atoms with Gasteiger partial charge in [-0.2, -0.15) is 0 Å². The summed E-state index contributed by atoms with van der Waals surface area (Å²) in [5.41, 5.74) is 1.73. The van der Waals surface area contributed by atoms with Gasteiger partial charge in [0, 0.05) is 16.1 Å². The van der Waals surface area contributed by atoms with Crippen LogP contribution in [-0.2, 0) is 9.59 Å². The van der Waals surface area contributed by atoms with Gasteiger partial charge in [0.15, 0.2) is 0 Å². The summed E-state index contributed by atoms with van der Waals surface area (Å²) < 4.78 is 5.50. The highest BCUT2D eigenvalue weighted by Crippen LogP contribution is 2.29. The van der Waals surface area contributed by atoms with Crippen molar-refractivity contribution in [2.45, 2.75) is 37.3 Å². The quantitative estimate of drug-likeness (QED) is 0.131. The topological polar surface area (TPSA) is 122 Å². The van der Waals surface area contributed by atoms with E-state index >= 15 is 0 Å². The van der Waals surface area contributed by atoms with Crippen LogP contribution < -0.4 is 20.7 Å². The Labute approximate surface area is 252 Å². The molecule has 3 amide bonds. The predicted octanol–water partition coefficient (Wildman–Crippen LogP) is 6.16. The largest absolute Gasteiger partial charge is 0.494 e. The Morgan fingerprint density at radius 2 is 1.71 bits per heavy atom. The molecule has 11 heteroatoms. The van der Waals surface area contributed by atoms with Gasteiger partial charge in [0.05, 0.1) is 11.9 Å². The van der Waals surface area contributed by atoms with Gasteiger partial charge in [0.1, 0.15) is 16.5 Å². The third kappa shape index (κ3) is 8.76. The first-order chi connectivity index (χ1) is 20.3. The van der Waals surface area contributed by atoms with Gasteiger partial charge in [-0.1, -0.05) is 54.7 Å². The minimum absolute atomic E-state index is 0.0734. The second-order valence-corrected chi connectivity index (χ2v) is 11.5. The van der Waals surface area contributed by atoms with Crippen LogP contribution in [-0.4, -0.2) is 39.8 Å². The van der Waals surface area contributed by atoms with Crippen molar-refractivity contribution in [2.75, 3.05) is 17.2 Å². The van der Waals surface area contributed by atoms with Crippen LogP contribution in [0.4, 0.5) is 10.8 Å². The molecule has 1 unspecified atom stereocenters. The number of anilines is 2. The average Bonchev–Trinajstić information content (AvgIpc) is 3.41. The van der Waals surface area contributed by atoms with E-state index in [1.165, 1.54) is 23.1 Å². The van der Waals surface area contributed by atoms with Gasteiger partial charge in [-0.3, -0.25) is 19.7 Å². The minimum atomic E-state index is -0.494. The van der Waals surface area contributed by atoms with Gasteiger partial charge < -0.3 is 15.4 Å². The molecule has 0 fully saturated rings. The summed E-state index contributed by atoms with van der Waals surface area (Å²) >= 11 is 2.70. The molecule has 42 heavy (non-hydrogen) atoms. The second kappa shape index (κ2) is 14.9. The first-order valence-electron chi connectivity index (χ1n) is 13.3. The number of hydrogen-bond acceptors (Lipinski definition) is 8. The summed E-state index contributed by atoms with van der Waals surface area (Å²) in [6, 6.07) is 23.1. The van der Waals surface area contributed by atoms with Crippen molar-refractivity contribution in [3.05, 3.63) is 101 Å². The Hall–Kier alpha value is -4.48. The lowest BCUT2D eigenvalue weighted by molar-refractivity contribution is -0.116. The summed E-state index contributed by atoms with van der Waals surface area (Å²) in [5, 5.41) is 17.2. The zero-order valence-corrected chi connectivity index (χ0v) is 25.1. The molecule has 0 bridgehead atoms. The van der Waals surface area contributed by atoms with E-state index in [4.69, 9.17) is 4.74 Å². The molecule has 0 aliphatic heterocycles. The van der Waals surface area contributed by atoms with Crippen LogP contribution in [0.1, 0.15) is 41.2 Å². The number of hydrogen-bond donors (Lipinski definition) is 3. The molecule has 0 saturated heterocycles. The molecule has 3 aromatic carbocycles. The van der Waals surface area contributed by atoms with Gasteiger partial charge in [-0.15, -0.1) is 22.0 Å². The molecule has 1 aromatic heterocycles. The normalized spacial score (nSPS) is 11.8. The Morgan fingerprint density at radius 3 is 2.38 bits per heavy atom. The SMILES string of the molecule is CCOc1ccc(/C=C(/NC(=O)c2ccccc2)C(=O)Nc2cccc(SC(CC)C(=O)Nc3nnc(C)s3)c2)cc1. The van der Waals surface area contributed by atoms with Crippen LogP contribution in [0.15, 0.2) is 89.5 Å². The van der Waals surface area contributed by atoms with Gasteiger partial charge in [-0.25, -0.2) is 0 Å². The molecule has 9 nitrogen and oxygen atoms in total. The molecule has 0 saturated carbocycles. The number of aryl methyl sites for hydroxylation is 1. The van der Waals surface area contributed by atoms with Crippen molar-refractivity contribution >= 4 is 57.7 Å². The molecular weight excluding hydrogens is 571 g/mol. The van der Waals surface area contributed by atoms with E-state index in [2.05, 4.69) is 26.1 Å². The maximum absolute atomic E-state index is 13.5. The zero-order valence-electron chi connectivity index (χ0n) is 23.4. The molecule has 1 heterocycles. The summed E-state index contributed by atoms with van der Waals surface area (Å²) in [6.07, 6.45) is 2.20. The average molecular weight is 602 g/mol. The van der Waals surface area contributed by atoms with Crippen LogP contribution in [0.25, 0.3) is 6.08 Å². The molecule has 0 aliphatic carbocycles. The number of aromatic nitrogens is 2. The third-order valence-corrected chi connectivity index (χ3v) is 7.93. The number of ether oxygens (including phenoxy) is 1. The Morgan fingerprint density at radius 1 is 0.952 bits per heavy atom. The number of rotatable bonds is 12. The second-order valence-electron chi connectivity index (χ2n) is 8.99. The first kappa shape index (κ1) is 30.5. The van der Waals surface area contributed by atoms with E-state index in [0.717, 1.165) is 9.90 Å². The standard InChI is InChI=1S/C31H31N5O4S2/c1-4-27(30(39)34-31-36-35-20(3)41-31)42-25-13-9-12-23(19-25)32-29(38)26(33-28(37)22-10-7-6-8-11-22)18-21-14-16-24(17-15-21)40-5-2/h6-19,27H,4-5H2,1-3H3,(H,32,38)(H,33,37)(H,34,36,39)/b26-18+. The van der Waals surface area contributed by atoms with Gasteiger partial charge in [0.25, 0.3) is 11.8 Å². The number of nitrogens with zero attached hydrogens (tertiary/aromatic N) is 2. The minimum Gasteiger partial charge on any atom is -0.494 e. The zero-order chi connectivity index (χ0) is 29.9. The molecule has 1 atom stereocenters. The number of carbonyl (C=O) groups excluding carboxylic acids is 3. The Kier molecular flexibility index (Phi) is 10.8. The Bertz CT molecular complexity index is 1560. The predicted molar refractivity (Wildman–Crippen MR) is 168 cm³/mol. The number of carbonyl (C=O) groups is 3. The van der Waals surface area contributed by atoms with Crippen LogP contribution in [0.5, 0.6) is 5.75 Å². The van der Waals surface area contributed by atoms with Crippen LogP contribution in [0.3, 0.4) is 0 Å². The van der Waals surface area contributed by atoms with E-state index in [1.54, 1.807) is 60.7 Å². The summed E-state index contributed by atoms with van der Waals surface area (Å²) in [4.78, 5) is 40.0. The Balaban J connectivity index is 1.50. The van der Waals surface area contributed by atoms with Crippen LogP contribution >= 0.6 is 23.1 Å². The summed E-state index contributed by atoms with van der Waals surface area (Å²) in [6.45, 7) is 6.20. The van der Waals surface area contributed by atoms with Crippen LogP contribution in [0.2, 0.25) is 0 Å². The number of amides is 3. The number of thioether (sulfide) groups is 1. The first-order valence-corrected chi connectivity index (χ1v) is 15.0. The van der Waals surface area contributed by atoms with E-state index in [9.17, 15) is 14.4 Å². The molecule has 216 valence electrons. The fraction of sp³-hybridized carbons (Fsp3) is 0.194. The molecule has 4 aromatic rings. The number of nitrogens with one attached hydrogen (secondary N) is 3. The molecule has 4 rings (SSSR count). The maximum Gasteiger partial charge on any atom is 0.272 e. The smallest absolute Gasteiger partial charge is 0.272 e. The van der Waals surface area contributed by atoms with Crippen LogP contribution in [0, 0.1) is 6.92 Å². The lowest BCUT2D eigenvalue weighted by Crippen LogP contribution is -2.30. The fourth-order valence-electron chi connectivity index (χ4n) is 3.80. The van der Waals surface area contributed by atoms with E-state index in [0.29, 0.717) is 40.7 Å². The molecular formula is C31H31N5O4S2. The highest BCUT2D eigenvalue weighted by molar-refractivity contribution is 8.00. The van der Waals surface area contributed by atoms with Crippen molar-refractivity contribution < 1.29 is 19.1 Å². The van der Waals surface area contributed by atoms with Crippen molar-refractivity contribution in [1.29, 1.82) is 0 Å². The van der Waals surface area contributed by atoms with E-state index in [1.807, 2.05) is 45.0 Å². The van der Waals surface area contributed by atoms with Gasteiger partial charge >= 0.3 is 0 Å². The van der Waals surface area contributed by atoms with Crippen molar-refractivity contribution in [1.82, 2.24) is 15.5 Å². The highest BCUT2D eigenvalue weighted by atomic mass is 32.2. The lowest BCUT2D eigenvalue weighted by atomic mass is 10.1. The fourth-order valence-corrected chi connectivity index (χ4v) is 5.41. The summed E-state index contributed by atoms with van der Waals surface area (Å²) in [5.74, 6) is -0.362. The maximum atomic E-state index is 13.5. The van der Waals surface area contributed by atoms with Crippen molar-refractivity contribution in [3.8, 4) is 5.75 Å². The van der Waals surface area contributed by atoms with E-state index in [-0.39, 0.29) is 16.9 Å². The van der Waals surface area contributed by atoms with Gasteiger partial charge in [-0.05, 0) is 74.4 Å². The summed E-state index contributed by atoms with van der Waals surface area (Å²) in [7, 11) is 0. The monoisotopic (exact) mass is 601 g/mol. The van der Waals surface area contributed by atoms with Gasteiger partial charge in [0.2, 0.25) is 11.0 Å². The third-order valence-electron chi connectivity index (χ3n) is 5.82. The highest BCUT2D eigenvalue weighted by Gasteiger charge is 2.20. The number of benzene rings is 3. The van der Waals surface area contributed by atoms with Crippen molar-refractivity contribution in [2.24, 2.45) is 0 Å². The lowest BCUT2D eigenvalue weighted by Gasteiger charge is -2.15. The molecule has 0 spiro atoms. The van der Waals surface area contributed by atoms with Crippen molar-refractivity contribution in [3.63, 3.8) is 0 Å². The van der Waals surface area contributed by atoms with E-state index < -0.39 is 11.8 Å². The molecule has 0 radical (unpaired) electrons. The molecule has 0 aliphatic rings.